The number of halogens is 2. The topological polar surface area (TPSA) is 17.1 Å². The minimum atomic E-state index is 0.241. The summed E-state index contributed by atoms with van der Waals surface area (Å²) < 4.78 is 1.87. The Labute approximate surface area is 127 Å². The Morgan fingerprint density at radius 2 is 1.72 bits per heavy atom. The van der Waals surface area contributed by atoms with Crippen molar-refractivity contribution in [1.29, 1.82) is 0 Å². The van der Waals surface area contributed by atoms with E-state index in [1.165, 1.54) is 32.1 Å². The molecule has 0 spiro atoms. The number of hydrogen-bond acceptors (Lipinski definition) is 1. The fourth-order valence-electron chi connectivity index (χ4n) is 1.92. The second kappa shape index (κ2) is 8.87. The van der Waals surface area contributed by atoms with Crippen molar-refractivity contribution in [3.8, 4) is 0 Å². The molecule has 0 heterocycles. The predicted octanol–water partition coefficient (Wildman–Crippen LogP) is 6.14. The van der Waals surface area contributed by atoms with Gasteiger partial charge in [0, 0.05) is 20.9 Å². The summed E-state index contributed by atoms with van der Waals surface area (Å²) >= 11 is 6.83. The predicted molar refractivity (Wildman–Crippen MR) is 84.2 cm³/mol. The van der Waals surface area contributed by atoms with Gasteiger partial charge in [-0.3, -0.25) is 4.79 Å². The molecule has 0 amide bonds. The molecule has 18 heavy (non-hydrogen) atoms. The maximum Gasteiger partial charge on any atom is 0.164 e. The molecule has 0 aliphatic rings. The van der Waals surface area contributed by atoms with Gasteiger partial charge in [-0.15, -0.1) is 0 Å². The van der Waals surface area contributed by atoms with Crippen molar-refractivity contribution in [2.45, 2.75) is 51.9 Å². The Hall–Kier alpha value is -0.150. The lowest BCUT2D eigenvalue weighted by Gasteiger charge is -2.04. The Morgan fingerprint density at radius 1 is 1.06 bits per heavy atom. The van der Waals surface area contributed by atoms with Crippen LogP contribution in [0.4, 0.5) is 0 Å². The van der Waals surface area contributed by atoms with Crippen LogP contribution >= 0.6 is 31.9 Å². The van der Waals surface area contributed by atoms with Gasteiger partial charge in [0.25, 0.3) is 0 Å². The molecule has 0 aliphatic carbocycles. The van der Waals surface area contributed by atoms with Gasteiger partial charge in [-0.05, 0) is 24.6 Å². The van der Waals surface area contributed by atoms with E-state index in [-0.39, 0.29) is 5.78 Å². The van der Waals surface area contributed by atoms with Crippen LogP contribution < -0.4 is 0 Å². The van der Waals surface area contributed by atoms with Crippen LogP contribution in [0.25, 0.3) is 0 Å². The van der Waals surface area contributed by atoms with Crippen LogP contribution in [0, 0.1) is 0 Å². The van der Waals surface area contributed by atoms with Crippen molar-refractivity contribution >= 4 is 37.6 Å². The van der Waals surface area contributed by atoms with E-state index in [2.05, 4.69) is 38.8 Å². The highest BCUT2D eigenvalue weighted by atomic mass is 79.9. The molecule has 0 aliphatic heterocycles. The number of carbonyl (C=O) groups excluding carboxylic acids is 1. The second-order valence-corrected chi connectivity index (χ2v) is 6.34. The van der Waals surface area contributed by atoms with Crippen molar-refractivity contribution in [3.63, 3.8) is 0 Å². The molecule has 1 aromatic rings. The number of ketones is 1. The Kier molecular flexibility index (Phi) is 7.84. The van der Waals surface area contributed by atoms with Gasteiger partial charge in [-0.25, -0.2) is 0 Å². The lowest BCUT2D eigenvalue weighted by Crippen LogP contribution is -2.00. The highest BCUT2D eigenvalue weighted by molar-refractivity contribution is 9.11. The molecule has 1 nitrogen and oxygen atoms in total. The van der Waals surface area contributed by atoms with Crippen LogP contribution in [0.2, 0.25) is 0 Å². The molecule has 0 saturated carbocycles. The summed E-state index contributed by atoms with van der Waals surface area (Å²) in [5, 5.41) is 0. The van der Waals surface area contributed by atoms with Crippen molar-refractivity contribution in [3.05, 3.63) is 32.7 Å². The van der Waals surface area contributed by atoms with Crippen molar-refractivity contribution in [2.24, 2.45) is 0 Å². The summed E-state index contributed by atoms with van der Waals surface area (Å²) in [5.74, 6) is 0.241. The number of rotatable bonds is 8. The first-order valence-corrected chi connectivity index (χ1v) is 8.22. The third-order valence-electron chi connectivity index (χ3n) is 2.99. The quantitative estimate of drug-likeness (QED) is 0.393. The molecule has 0 radical (unpaired) electrons. The Bertz CT molecular complexity index is 388. The number of Topliss-reactive ketones (excluding diaryl/α,β-unsaturated/α-hetero) is 1. The van der Waals surface area contributed by atoms with Gasteiger partial charge in [-0.2, -0.15) is 0 Å². The van der Waals surface area contributed by atoms with Gasteiger partial charge >= 0.3 is 0 Å². The van der Waals surface area contributed by atoms with Gasteiger partial charge in [0.1, 0.15) is 0 Å². The fourth-order valence-corrected chi connectivity index (χ4v) is 3.18. The van der Waals surface area contributed by atoms with Crippen LogP contribution in [0.5, 0.6) is 0 Å². The molecule has 0 atom stereocenters. The van der Waals surface area contributed by atoms with E-state index in [0.717, 1.165) is 20.9 Å². The average Bonchev–Trinajstić information content (AvgIpc) is 2.33. The van der Waals surface area contributed by atoms with Crippen molar-refractivity contribution in [2.75, 3.05) is 0 Å². The molecule has 0 unspecified atom stereocenters. The molecule has 3 heteroatoms. The van der Waals surface area contributed by atoms with Crippen molar-refractivity contribution in [1.82, 2.24) is 0 Å². The third kappa shape index (κ3) is 5.66. The largest absolute Gasteiger partial charge is 0.294 e. The molecule has 0 N–H and O–H groups in total. The summed E-state index contributed by atoms with van der Waals surface area (Å²) in [6, 6.07) is 5.72. The number of carbonyl (C=O) groups is 1. The minimum Gasteiger partial charge on any atom is -0.294 e. The van der Waals surface area contributed by atoms with E-state index in [4.69, 9.17) is 0 Å². The first-order valence-electron chi connectivity index (χ1n) is 6.63. The summed E-state index contributed by atoms with van der Waals surface area (Å²) in [5.41, 5.74) is 0.798. The number of benzene rings is 1. The number of hydrogen-bond donors (Lipinski definition) is 0. The van der Waals surface area contributed by atoms with Crippen LogP contribution in [0.15, 0.2) is 27.1 Å². The molecule has 0 aromatic heterocycles. The van der Waals surface area contributed by atoms with Gasteiger partial charge in [0.2, 0.25) is 0 Å². The molecule has 1 aromatic carbocycles. The zero-order chi connectivity index (χ0) is 13.4. The molecule has 0 bridgehead atoms. The zero-order valence-electron chi connectivity index (χ0n) is 10.8. The fraction of sp³-hybridized carbons (Fsp3) is 0.533. The lowest BCUT2D eigenvalue weighted by molar-refractivity contribution is 0.0978. The maximum atomic E-state index is 12.0. The smallest absolute Gasteiger partial charge is 0.164 e. The van der Waals surface area contributed by atoms with Gasteiger partial charge in [0.15, 0.2) is 5.78 Å². The SMILES string of the molecule is CCCCCCCCC(=O)c1ccc(Br)cc1Br. The molecule has 0 saturated heterocycles. The molecule has 100 valence electrons. The number of unbranched alkanes of at least 4 members (excludes halogenated alkanes) is 5. The van der Waals surface area contributed by atoms with Gasteiger partial charge in [0.05, 0.1) is 0 Å². The molecule has 1 rings (SSSR count). The third-order valence-corrected chi connectivity index (χ3v) is 4.14. The Morgan fingerprint density at radius 3 is 2.39 bits per heavy atom. The van der Waals surface area contributed by atoms with Gasteiger partial charge in [-0.1, -0.05) is 70.9 Å². The van der Waals surface area contributed by atoms with Crippen LogP contribution in [0.3, 0.4) is 0 Å². The van der Waals surface area contributed by atoms with E-state index in [1.807, 2.05) is 18.2 Å². The standard InChI is InChI=1S/C15H20Br2O/c1-2-3-4-5-6-7-8-15(18)13-10-9-12(16)11-14(13)17/h9-11H,2-8H2,1H3. The summed E-state index contributed by atoms with van der Waals surface area (Å²) in [6.45, 7) is 2.22. The van der Waals surface area contributed by atoms with Crippen molar-refractivity contribution < 1.29 is 4.79 Å². The highest BCUT2D eigenvalue weighted by Crippen LogP contribution is 2.23. The van der Waals surface area contributed by atoms with E-state index < -0.39 is 0 Å². The Balaban J connectivity index is 2.32. The first kappa shape index (κ1) is 15.9. The maximum absolute atomic E-state index is 12.0. The second-order valence-electron chi connectivity index (χ2n) is 4.57. The molecular formula is C15H20Br2O. The zero-order valence-corrected chi connectivity index (χ0v) is 14.0. The highest BCUT2D eigenvalue weighted by Gasteiger charge is 2.09. The normalized spacial score (nSPS) is 10.6. The summed E-state index contributed by atoms with van der Waals surface area (Å²) in [4.78, 5) is 12.0. The lowest BCUT2D eigenvalue weighted by atomic mass is 10.0. The van der Waals surface area contributed by atoms with Gasteiger partial charge < -0.3 is 0 Å². The summed E-state index contributed by atoms with van der Waals surface area (Å²) in [7, 11) is 0. The van der Waals surface area contributed by atoms with Crippen LogP contribution in [-0.4, -0.2) is 5.78 Å². The summed E-state index contributed by atoms with van der Waals surface area (Å²) in [6.07, 6.45) is 7.96. The first-order chi connectivity index (χ1) is 8.65. The van der Waals surface area contributed by atoms with E-state index in [9.17, 15) is 4.79 Å². The van der Waals surface area contributed by atoms with Crippen LogP contribution in [-0.2, 0) is 0 Å². The van der Waals surface area contributed by atoms with E-state index >= 15 is 0 Å². The molecule has 0 fully saturated rings. The monoisotopic (exact) mass is 374 g/mol. The molecular weight excluding hydrogens is 356 g/mol. The van der Waals surface area contributed by atoms with E-state index in [1.54, 1.807) is 0 Å². The minimum absolute atomic E-state index is 0.241. The van der Waals surface area contributed by atoms with Crippen LogP contribution in [0.1, 0.15) is 62.2 Å². The average molecular weight is 376 g/mol. The van der Waals surface area contributed by atoms with E-state index in [0.29, 0.717) is 6.42 Å².